The van der Waals surface area contributed by atoms with Crippen molar-refractivity contribution in [2.24, 2.45) is 0 Å². The molecule has 0 spiro atoms. The highest BCUT2D eigenvalue weighted by molar-refractivity contribution is 7.13. The maximum absolute atomic E-state index is 12.0. The summed E-state index contributed by atoms with van der Waals surface area (Å²) in [6, 6.07) is 8.08. The molecule has 0 saturated carbocycles. The van der Waals surface area contributed by atoms with Gasteiger partial charge < -0.3 is 21.5 Å². The Hall–Kier alpha value is -2.94. The first-order chi connectivity index (χ1) is 11.5. The lowest BCUT2D eigenvalue weighted by Crippen LogP contribution is -2.39. The van der Waals surface area contributed by atoms with Gasteiger partial charge in [0, 0.05) is 5.38 Å². The van der Waals surface area contributed by atoms with E-state index >= 15 is 0 Å². The minimum absolute atomic E-state index is 0.135. The Morgan fingerprint density at radius 2 is 1.96 bits per heavy atom. The zero-order chi connectivity index (χ0) is 17.5. The van der Waals surface area contributed by atoms with Crippen LogP contribution >= 0.6 is 11.3 Å². The molecule has 8 nitrogen and oxygen atoms in total. The van der Waals surface area contributed by atoms with Gasteiger partial charge >= 0.3 is 5.97 Å². The Bertz CT molecular complexity index is 732. The molecule has 2 aromatic rings. The van der Waals surface area contributed by atoms with Crippen molar-refractivity contribution in [1.82, 2.24) is 15.6 Å². The fraction of sp³-hybridized carbons (Fsp3) is 0.200. The normalized spacial score (nSPS) is 11.5. The molecule has 0 saturated heterocycles. The van der Waals surface area contributed by atoms with E-state index in [2.05, 4.69) is 15.6 Å². The molecule has 2 rings (SSSR count). The van der Waals surface area contributed by atoms with E-state index in [0.29, 0.717) is 5.56 Å². The number of nitrogen functional groups attached to an aromatic ring is 1. The first-order valence-electron chi connectivity index (χ1n) is 7.01. The van der Waals surface area contributed by atoms with Gasteiger partial charge in [-0.25, -0.2) is 4.98 Å². The van der Waals surface area contributed by atoms with Crippen molar-refractivity contribution in [3.63, 3.8) is 0 Å². The van der Waals surface area contributed by atoms with Crippen molar-refractivity contribution in [3.8, 4) is 0 Å². The molecule has 24 heavy (non-hydrogen) atoms. The van der Waals surface area contributed by atoms with Crippen molar-refractivity contribution >= 4 is 34.3 Å². The van der Waals surface area contributed by atoms with Gasteiger partial charge in [-0.1, -0.05) is 30.3 Å². The number of hydrogen-bond acceptors (Lipinski definition) is 6. The number of aromatic nitrogens is 1. The average Bonchev–Trinajstić information content (AvgIpc) is 2.99. The van der Waals surface area contributed by atoms with Crippen LogP contribution < -0.4 is 16.4 Å². The zero-order valence-corrected chi connectivity index (χ0v) is 13.4. The molecule has 0 bridgehead atoms. The number of benzene rings is 1. The van der Waals surface area contributed by atoms with Crippen LogP contribution in [-0.2, 0) is 9.59 Å². The van der Waals surface area contributed by atoms with E-state index in [9.17, 15) is 14.4 Å². The van der Waals surface area contributed by atoms with Gasteiger partial charge in [-0.05, 0) is 5.56 Å². The summed E-state index contributed by atoms with van der Waals surface area (Å²) in [5, 5.41) is 15.7. The number of carbonyl (C=O) groups is 3. The van der Waals surface area contributed by atoms with Crippen LogP contribution in [0, 0.1) is 0 Å². The fourth-order valence-electron chi connectivity index (χ4n) is 2.00. The molecular formula is C15H16N4O4S. The summed E-state index contributed by atoms with van der Waals surface area (Å²) in [7, 11) is 0. The average molecular weight is 348 g/mol. The number of carboxylic acids is 1. The van der Waals surface area contributed by atoms with Crippen LogP contribution in [0.1, 0.15) is 28.5 Å². The number of rotatable bonds is 7. The second-order valence-corrected chi connectivity index (χ2v) is 5.77. The number of nitrogens with one attached hydrogen (secondary N) is 2. The predicted octanol–water partition coefficient (Wildman–Crippen LogP) is 0.787. The topological polar surface area (TPSA) is 134 Å². The van der Waals surface area contributed by atoms with Gasteiger partial charge in [0.25, 0.3) is 5.91 Å². The van der Waals surface area contributed by atoms with Crippen molar-refractivity contribution < 1.29 is 19.5 Å². The van der Waals surface area contributed by atoms with Crippen LogP contribution in [0.2, 0.25) is 0 Å². The maximum atomic E-state index is 12.0. The van der Waals surface area contributed by atoms with E-state index in [1.807, 2.05) is 0 Å². The molecule has 0 aliphatic heterocycles. The van der Waals surface area contributed by atoms with Crippen LogP contribution in [0.4, 0.5) is 5.13 Å². The SMILES string of the molecule is Nc1nc(C(=O)NCC(=O)N[C@@H](CC(=O)O)c2ccccc2)cs1. The molecule has 0 unspecified atom stereocenters. The van der Waals surface area contributed by atoms with E-state index < -0.39 is 23.8 Å². The highest BCUT2D eigenvalue weighted by Crippen LogP contribution is 2.16. The summed E-state index contributed by atoms with van der Waals surface area (Å²) >= 11 is 1.12. The molecule has 0 aliphatic carbocycles. The molecule has 0 fully saturated rings. The smallest absolute Gasteiger partial charge is 0.305 e. The zero-order valence-electron chi connectivity index (χ0n) is 12.6. The molecule has 0 aliphatic rings. The number of nitrogens with zero attached hydrogens (tertiary/aromatic N) is 1. The molecule has 9 heteroatoms. The second-order valence-electron chi connectivity index (χ2n) is 4.88. The minimum Gasteiger partial charge on any atom is -0.481 e. The van der Waals surface area contributed by atoms with E-state index in [-0.39, 0.29) is 23.8 Å². The lowest BCUT2D eigenvalue weighted by molar-refractivity contribution is -0.137. The van der Waals surface area contributed by atoms with Gasteiger partial charge in [-0.15, -0.1) is 11.3 Å². The third kappa shape index (κ3) is 5.06. The quantitative estimate of drug-likeness (QED) is 0.584. The third-order valence-corrected chi connectivity index (χ3v) is 3.75. The molecular weight excluding hydrogens is 332 g/mol. The Balaban J connectivity index is 1.93. The number of carboxylic acid groups (broad SMARTS) is 1. The van der Waals surface area contributed by atoms with Gasteiger partial charge in [0.1, 0.15) is 5.69 Å². The van der Waals surface area contributed by atoms with Crippen LogP contribution in [0.5, 0.6) is 0 Å². The van der Waals surface area contributed by atoms with E-state index in [1.54, 1.807) is 30.3 Å². The summed E-state index contributed by atoms with van der Waals surface area (Å²) in [5.41, 5.74) is 6.25. The van der Waals surface area contributed by atoms with Crippen LogP contribution in [0.3, 0.4) is 0 Å². The number of amides is 2. The highest BCUT2D eigenvalue weighted by Gasteiger charge is 2.18. The Labute approximate surface area is 141 Å². The van der Waals surface area contributed by atoms with Gasteiger partial charge in [0.2, 0.25) is 5.91 Å². The Kier molecular flexibility index (Phi) is 5.85. The summed E-state index contributed by atoms with van der Waals surface area (Å²) in [6.07, 6.45) is -0.258. The monoisotopic (exact) mass is 348 g/mol. The lowest BCUT2D eigenvalue weighted by Gasteiger charge is -2.17. The number of thiazole rings is 1. The minimum atomic E-state index is -1.04. The maximum Gasteiger partial charge on any atom is 0.305 e. The molecule has 1 aromatic carbocycles. The van der Waals surface area contributed by atoms with Gasteiger partial charge in [0.15, 0.2) is 5.13 Å². The van der Waals surface area contributed by atoms with E-state index in [0.717, 1.165) is 11.3 Å². The lowest BCUT2D eigenvalue weighted by atomic mass is 10.0. The van der Waals surface area contributed by atoms with Crippen molar-refractivity contribution in [2.45, 2.75) is 12.5 Å². The van der Waals surface area contributed by atoms with Gasteiger partial charge in [-0.2, -0.15) is 0 Å². The standard InChI is InChI=1S/C15H16N4O4S/c16-15-19-11(8-24-15)14(23)17-7-12(20)18-10(6-13(21)22)9-4-2-1-3-5-9/h1-5,8,10H,6-7H2,(H2,16,19)(H,17,23)(H,18,20)(H,21,22)/t10-/m0/s1. The highest BCUT2D eigenvalue weighted by atomic mass is 32.1. The number of aliphatic carboxylic acids is 1. The van der Waals surface area contributed by atoms with Crippen molar-refractivity contribution in [3.05, 3.63) is 47.0 Å². The molecule has 2 amide bonds. The largest absolute Gasteiger partial charge is 0.481 e. The molecule has 5 N–H and O–H groups in total. The second kappa shape index (κ2) is 8.06. The van der Waals surface area contributed by atoms with Crippen LogP contribution in [0.15, 0.2) is 35.7 Å². The van der Waals surface area contributed by atoms with Crippen LogP contribution in [-0.4, -0.2) is 34.4 Å². The van der Waals surface area contributed by atoms with Gasteiger partial charge in [-0.3, -0.25) is 14.4 Å². The van der Waals surface area contributed by atoms with E-state index in [4.69, 9.17) is 10.8 Å². The summed E-state index contributed by atoms with van der Waals surface area (Å²) in [6.45, 7) is -0.292. The van der Waals surface area contributed by atoms with E-state index in [1.165, 1.54) is 5.38 Å². The molecule has 0 radical (unpaired) electrons. The summed E-state index contributed by atoms with van der Waals surface area (Å²) in [4.78, 5) is 38.6. The number of anilines is 1. The number of hydrogen-bond donors (Lipinski definition) is 4. The molecule has 1 atom stereocenters. The number of carbonyl (C=O) groups excluding carboxylic acids is 2. The van der Waals surface area contributed by atoms with Crippen molar-refractivity contribution in [2.75, 3.05) is 12.3 Å². The molecule has 1 heterocycles. The van der Waals surface area contributed by atoms with Gasteiger partial charge in [0.05, 0.1) is 19.0 Å². The van der Waals surface area contributed by atoms with Crippen molar-refractivity contribution in [1.29, 1.82) is 0 Å². The Morgan fingerprint density at radius 1 is 1.25 bits per heavy atom. The predicted molar refractivity (Wildman–Crippen MR) is 88.4 cm³/mol. The summed E-state index contributed by atoms with van der Waals surface area (Å²) < 4.78 is 0. The first-order valence-corrected chi connectivity index (χ1v) is 7.89. The molecule has 126 valence electrons. The molecule has 1 aromatic heterocycles. The summed E-state index contributed by atoms with van der Waals surface area (Å²) in [5.74, 6) is -2.06. The van der Waals surface area contributed by atoms with Crippen LogP contribution in [0.25, 0.3) is 0 Å². The third-order valence-electron chi connectivity index (χ3n) is 3.08. The first kappa shape index (κ1) is 17.4. The number of nitrogens with two attached hydrogens (primary N) is 1. The Morgan fingerprint density at radius 3 is 2.54 bits per heavy atom. The fourth-order valence-corrected chi connectivity index (χ4v) is 2.54.